The Kier molecular flexibility index (Phi) is 3.96. The van der Waals surface area contributed by atoms with Crippen LogP contribution in [0.3, 0.4) is 0 Å². The Hall–Kier alpha value is -0.870. The topological polar surface area (TPSA) is 47.1 Å². The number of imidazole rings is 1. The van der Waals surface area contributed by atoms with Crippen LogP contribution in [-0.2, 0) is 6.54 Å². The van der Waals surface area contributed by atoms with Gasteiger partial charge in [0.25, 0.3) is 0 Å². The van der Waals surface area contributed by atoms with E-state index in [0.29, 0.717) is 5.92 Å². The maximum Gasteiger partial charge on any atom is 0.105 e. The third-order valence-electron chi connectivity index (χ3n) is 3.52. The molecule has 2 heterocycles. The fourth-order valence-electron chi connectivity index (χ4n) is 2.44. The van der Waals surface area contributed by atoms with Crippen LogP contribution in [0.1, 0.15) is 18.7 Å². The van der Waals surface area contributed by atoms with Crippen molar-refractivity contribution in [3.05, 3.63) is 18.2 Å². The van der Waals surface area contributed by atoms with Crippen molar-refractivity contribution < 1.29 is 0 Å². The van der Waals surface area contributed by atoms with Gasteiger partial charge in [0, 0.05) is 32.0 Å². The largest absolute Gasteiger partial charge is 0.334 e. The van der Waals surface area contributed by atoms with Crippen molar-refractivity contribution in [1.82, 2.24) is 14.5 Å². The fourth-order valence-corrected chi connectivity index (χ4v) is 2.44. The summed E-state index contributed by atoms with van der Waals surface area (Å²) in [5, 5.41) is 0. The highest BCUT2D eigenvalue weighted by Gasteiger charge is 2.18. The molecule has 16 heavy (non-hydrogen) atoms. The molecule has 4 heteroatoms. The van der Waals surface area contributed by atoms with E-state index in [4.69, 9.17) is 5.73 Å². The number of aromatic nitrogens is 2. The van der Waals surface area contributed by atoms with Gasteiger partial charge in [-0.3, -0.25) is 0 Å². The van der Waals surface area contributed by atoms with Gasteiger partial charge in [0.2, 0.25) is 0 Å². The minimum Gasteiger partial charge on any atom is -0.334 e. The third-order valence-corrected chi connectivity index (χ3v) is 3.52. The number of nitrogens with zero attached hydrogens (tertiary/aromatic N) is 3. The van der Waals surface area contributed by atoms with Gasteiger partial charge < -0.3 is 15.2 Å². The zero-order chi connectivity index (χ0) is 11.4. The van der Waals surface area contributed by atoms with Crippen LogP contribution < -0.4 is 5.73 Å². The smallest absolute Gasteiger partial charge is 0.105 e. The molecule has 1 aromatic rings. The lowest BCUT2D eigenvalue weighted by Crippen LogP contribution is -2.39. The molecule has 1 saturated heterocycles. The lowest BCUT2D eigenvalue weighted by molar-refractivity contribution is 0.172. The summed E-state index contributed by atoms with van der Waals surface area (Å²) >= 11 is 0. The summed E-state index contributed by atoms with van der Waals surface area (Å²) in [7, 11) is 0. The number of rotatable bonds is 4. The van der Waals surface area contributed by atoms with Crippen molar-refractivity contribution in [2.45, 2.75) is 26.3 Å². The highest BCUT2D eigenvalue weighted by Crippen LogP contribution is 2.14. The van der Waals surface area contributed by atoms with Gasteiger partial charge >= 0.3 is 0 Å². The van der Waals surface area contributed by atoms with Gasteiger partial charge in [0.1, 0.15) is 5.82 Å². The highest BCUT2D eigenvalue weighted by molar-refractivity contribution is 4.88. The average molecular weight is 222 g/mol. The second-order valence-electron chi connectivity index (χ2n) is 4.71. The quantitative estimate of drug-likeness (QED) is 0.822. The van der Waals surface area contributed by atoms with E-state index in [0.717, 1.165) is 25.5 Å². The van der Waals surface area contributed by atoms with Gasteiger partial charge in [0.05, 0.1) is 0 Å². The molecule has 0 aliphatic carbocycles. The molecule has 2 N–H and O–H groups in total. The Bertz CT molecular complexity index is 321. The first kappa shape index (κ1) is 11.6. The summed E-state index contributed by atoms with van der Waals surface area (Å²) in [6, 6.07) is 0. The lowest BCUT2D eigenvalue weighted by Gasteiger charge is -2.32. The normalized spacial score (nSPS) is 22.5. The molecule has 1 aliphatic heterocycles. The number of likely N-dealkylation sites (tertiary alicyclic amines) is 1. The van der Waals surface area contributed by atoms with E-state index >= 15 is 0 Å². The van der Waals surface area contributed by atoms with E-state index in [1.165, 1.54) is 25.9 Å². The minimum atomic E-state index is 0.706. The Balaban J connectivity index is 1.79. The van der Waals surface area contributed by atoms with E-state index in [1.807, 2.05) is 6.20 Å². The van der Waals surface area contributed by atoms with Crippen molar-refractivity contribution >= 4 is 0 Å². The molecule has 4 nitrogen and oxygen atoms in total. The summed E-state index contributed by atoms with van der Waals surface area (Å²) in [5.41, 5.74) is 5.74. The Morgan fingerprint density at radius 1 is 1.50 bits per heavy atom. The molecule has 0 saturated carbocycles. The SMILES string of the molecule is Cc1nccn1CCN1CCCC(CN)C1. The molecule has 0 spiro atoms. The fraction of sp³-hybridized carbons (Fsp3) is 0.750. The van der Waals surface area contributed by atoms with E-state index in [9.17, 15) is 0 Å². The van der Waals surface area contributed by atoms with E-state index in [2.05, 4.69) is 27.6 Å². The van der Waals surface area contributed by atoms with Gasteiger partial charge in [-0.25, -0.2) is 4.98 Å². The van der Waals surface area contributed by atoms with Crippen molar-refractivity contribution in [3.63, 3.8) is 0 Å². The van der Waals surface area contributed by atoms with Gasteiger partial charge in [-0.2, -0.15) is 0 Å². The third kappa shape index (κ3) is 2.83. The van der Waals surface area contributed by atoms with Crippen molar-refractivity contribution in [1.29, 1.82) is 0 Å². The second kappa shape index (κ2) is 5.46. The Morgan fingerprint density at radius 2 is 2.38 bits per heavy atom. The molecule has 1 fully saturated rings. The van der Waals surface area contributed by atoms with Crippen LogP contribution in [0.25, 0.3) is 0 Å². The predicted octanol–water partition coefficient (Wildman–Crippen LogP) is 0.862. The summed E-state index contributed by atoms with van der Waals surface area (Å²) < 4.78 is 2.21. The van der Waals surface area contributed by atoms with Crippen LogP contribution in [0.5, 0.6) is 0 Å². The van der Waals surface area contributed by atoms with Gasteiger partial charge in [0.15, 0.2) is 0 Å². The second-order valence-corrected chi connectivity index (χ2v) is 4.71. The Morgan fingerprint density at radius 3 is 3.06 bits per heavy atom. The van der Waals surface area contributed by atoms with Crippen LogP contribution >= 0.6 is 0 Å². The summed E-state index contributed by atoms with van der Waals surface area (Å²) in [6.45, 7) is 7.45. The van der Waals surface area contributed by atoms with Crippen LogP contribution in [0.2, 0.25) is 0 Å². The Labute approximate surface area is 97.4 Å². The molecule has 0 aromatic carbocycles. The van der Waals surface area contributed by atoms with Gasteiger partial charge in [-0.1, -0.05) is 0 Å². The first-order valence-electron chi connectivity index (χ1n) is 6.19. The number of piperidine rings is 1. The summed E-state index contributed by atoms with van der Waals surface area (Å²) in [6.07, 6.45) is 6.52. The van der Waals surface area contributed by atoms with Crippen LogP contribution in [0.15, 0.2) is 12.4 Å². The first-order chi connectivity index (χ1) is 7.79. The average Bonchev–Trinajstić information content (AvgIpc) is 2.72. The summed E-state index contributed by atoms with van der Waals surface area (Å²) in [5.74, 6) is 1.81. The zero-order valence-electron chi connectivity index (χ0n) is 10.1. The van der Waals surface area contributed by atoms with E-state index in [1.54, 1.807) is 0 Å². The lowest BCUT2D eigenvalue weighted by atomic mass is 9.98. The summed E-state index contributed by atoms with van der Waals surface area (Å²) in [4.78, 5) is 6.76. The molecule has 1 unspecified atom stereocenters. The highest BCUT2D eigenvalue weighted by atomic mass is 15.2. The standard InChI is InChI=1S/C12H22N4/c1-11-14-4-6-16(11)8-7-15-5-2-3-12(9-13)10-15/h4,6,12H,2-3,5,7-10,13H2,1H3. The molecule has 1 atom stereocenters. The molecule has 2 rings (SSSR count). The number of hydrogen-bond donors (Lipinski definition) is 1. The van der Waals surface area contributed by atoms with Gasteiger partial charge in [-0.15, -0.1) is 0 Å². The molecule has 0 amide bonds. The maximum atomic E-state index is 5.74. The molecule has 0 bridgehead atoms. The molecule has 1 aromatic heterocycles. The van der Waals surface area contributed by atoms with E-state index in [-0.39, 0.29) is 0 Å². The van der Waals surface area contributed by atoms with Crippen molar-refractivity contribution in [3.8, 4) is 0 Å². The molecule has 1 aliphatic rings. The van der Waals surface area contributed by atoms with Crippen LogP contribution in [0, 0.1) is 12.8 Å². The predicted molar refractivity (Wildman–Crippen MR) is 65.2 cm³/mol. The number of aryl methyl sites for hydroxylation is 1. The molecule has 0 radical (unpaired) electrons. The molecular weight excluding hydrogens is 200 g/mol. The van der Waals surface area contributed by atoms with Crippen molar-refractivity contribution in [2.24, 2.45) is 11.7 Å². The molecular formula is C12H22N4. The minimum absolute atomic E-state index is 0.706. The maximum absolute atomic E-state index is 5.74. The van der Waals surface area contributed by atoms with Crippen LogP contribution in [0.4, 0.5) is 0 Å². The zero-order valence-corrected chi connectivity index (χ0v) is 10.1. The number of hydrogen-bond acceptors (Lipinski definition) is 3. The van der Waals surface area contributed by atoms with E-state index < -0.39 is 0 Å². The first-order valence-corrected chi connectivity index (χ1v) is 6.19. The van der Waals surface area contributed by atoms with Gasteiger partial charge in [-0.05, 0) is 38.8 Å². The van der Waals surface area contributed by atoms with Crippen molar-refractivity contribution in [2.75, 3.05) is 26.2 Å². The number of nitrogens with two attached hydrogens (primary N) is 1. The monoisotopic (exact) mass is 222 g/mol. The van der Waals surface area contributed by atoms with Crippen LogP contribution in [-0.4, -0.2) is 40.6 Å². The molecule has 90 valence electrons.